The first kappa shape index (κ1) is 17.7. The van der Waals surface area contributed by atoms with Gasteiger partial charge in [-0.3, -0.25) is 0 Å². The molecule has 1 aromatic rings. The maximum absolute atomic E-state index is 12.7. The molecular weight excluding hydrogens is 310 g/mol. The number of halogens is 4. The fourth-order valence-corrected chi connectivity index (χ4v) is 1.40. The van der Waals surface area contributed by atoms with Crippen molar-refractivity contribution >= 4 is 17.5 Å². The molecule has 1 rings (SSSR count). The minimum atomic E-state index is -4.32. The van der Waals surface area contributed by atoms with E-state index in [1.54, 1.807) is 19.4 Å². The van der Waals surface area contributed by atoms with Crippen LogP contribution < -0.4 is 20.3 Å². The molecule has 2 N–H and O–H groups in total. The number of methoxy groups -OCH3 is 1. The van der Waals surface area contributed by atoms with Crippen LogP contribution in [0.1, 0.15) is 0 Å². The number of anilines is 2. The van der Waals surface area contributed by atoms with Crippen molar-refractivity contribution < 1.29 is 27.1 Å². The molecule has 22 heavy (non-hydrogen) atoms. The van der Waals surface area contributed by atoms with Crippen LogP contribution in [0.4, 0.5) is 33.9 Å². The van der Waals surface area contributed by atoms with Crippen molar-refractivity contribution in [2.24, 2.45) is 0 Å². The molecule has 124 valence electrons. The number of ether oxygens (including phenoxy) is 1. The number of amides is 2. The second kappa shape index (κ2) is 7.09. The van der Waals surface area contributed by atoms with Gasteiger partial charge in [-0.1, -0.05) is 0 Å². The smallest absolute Gasteiger partial charge is 0.324 e. The van der Waals surface area contributed by atoms with E-state index in [2.05, 4.69) is 15.3 Å². The first-order valence-corrected chi connectivity index (χ1v) is 5.96. The molecule has 0 aromatic carbocycles. The maximum Gasteiger partial charge on any atom is 0.324 e. The fourth-order valence-electron chi connectivity index (χ4n) is 1.40. The fraction of sp³-hybridized carbons (Fsp3) is 0.545. The molecule has 0 aliphatic carbocycles. The summed E-state index contributed by atoms with van der Waals surface area (Å²) in [5, 5.41) is 3.86. The molecule has 0 bridgehead atoms. The third-order valence-electron chi connectivity index (χ3n) is 2.45. The topological polar surface area (TPSA) is 79.4 Å². The zero-order valence-electron chi connectivity index (χ0n) is 12.0. The summed E-state index contributed by atoms with van der Waals surface area (Å²) in [7, 11) is 4.53. The van der Waals surface area contributed by atoms with Gasteiger partial charge in [-0.2, -0.15) is 13.8 Å². The molecule has 2 amide bonds. The number of hydrogen-bond acceptors (Lipinski definition) is 5. The molecule has 0 unspecified atom stereocenters. The molecule has 7 nitrogen and oxygen atoms in total. The van der Waals surface area contributed by atoms with Gasteiger partial charge in [0.05, 0.1) is 13.7 Å². The Morgan fingerprint density at radius 1 is 1.41 bits per heavy atom. The average molecular weight is 325 g/mol. The Hall–Kier alpha value is -2.33. The molecule has 0 saturated carbocycles. The largest absolute Gasteiger partial charge is 0.479 e. The van der Waals surface area contributed by atoms with E-state index in [9.17, 15) is 22.4 Å². The maximum atomic E-state index is 12.7. The summed E-state index contributed by atoms with van der Waals surface area (Å²) in [4.78, 5) is 20.8. The van der Waals surface area contributed by atoms with Gasteiger partial charge in [0.1, 0.15) is 12.0 Å². The van der Waals surface area contributed by atoms with E-state index in [-0.39, 0.29) is 17.4 Å². The summed E-state index contributed by atoms with van der Waals surface area (Å²) in [6.07, 6.45) is -2.69. The monoisotopic (exact) mass is 325 g/mol. The van der Waals surface area contributed by atoms with Crippen LogP contribution in [0.5, 0.6) is 5.88 Å². The summed E-state index contributed by atoms with van der Waals surface area (Å²) in [6, 6.07) is -1.11. The Morgan fingerprint density at radius 2 is 2.05 bits per heavy atom. The second-order valence-electron chi connectivity index (χ2n) is 4.35. The third kappa shape index (κ3) is 4.33. The zero-order valence-corrected chi connectivity index (χ0v) is 12.0. The zero-order chi connectivity index (χ0) is 16.9. The first-order chi connectivity index (χ1) is 10.2. The Bertz CT molecular complexity index is 527. The Labute approximate surface area is 123 Å². The summed E-state index contributed by atoms with van der Waals surface area (Å²) in [5.74, 6) is -4.07. The van der Waals surface area contributed by atoms with Crippen molar-refractivity contribution in [2.45, 2.75) is 12.3 Å². The van der Waals surface area contributed by atoms with Crippen LogP contribution in [0.15, 0.2) is 6.33 Å². The van der Waals surface area contributed by atoms with E-state index < -0.39 is 24.9 Å². The Morgan fingerprint density at radius 3 is 2.55 bits per heavy atom. The lowest BCUT2D eigenvalue weighted by Crippen LogP contribution is -2.43. The quantitative estimate of drug-likeness (QED) is 0.776. The van der Waals surface area contributed by atoms with E-state index in [4.69, 9.17) is 4.74 Å². The van der Waals surface area contributed by atoms with Gasteiger partial charge in [-0.25, -0.2) is 18.6 Å². The van der Waals surface area contributed by atoms with Crippen molar-refractivity contribution in [1.29, 1.82) is 0 Å². The number of alkyl halides is 4. The molecule has 1 aromatic heterocycles. The number of hydrogen-bond donors (Lipinski definition) is 2. The highest BCUT2D eigenvalue weighted by Gasteiger charge is 2.40. The predicted molar refractivity (Wildman–Crippen MR) is 70.9 cm³/mol. The minimum Gasteiger partial charge on any atom is -0.479 e. The van der Waals surface area contributed by atoms with Crippen molar-refractivity contribution in [1.82, 2.24) is 15.3 Å². The first-order valence-electron chi connectivity index (χ1n) is 5.96. The van der Waals surface area contributed by atoms with Gasteiger partial charge in [0.25, 0.3) is 0 Å². The molecule has 0 spiro atoms. The standard InChI is InChI=1S/C11H15F4N5O2/c1-20(2)7-6(8(22-3)18-5-17-7)19-10(21)16-4-11(14,15)9(12)13/h5,9H,4H2,1-3H3,(H2,16,19,21). The molecule has 0 saturated heterocycles. The summed E-state index contributed by atoms with van der Waals surface area (Å²) in [5.41, 5.74) is 0.0212. The number of urea groups is 1. The number of nitrogens with one attached hydrogen (secondary N) is 2. The number of carbonyl (C=O) groups excluding carboxylic acids is 1. The van der Waals surface area contributed by atoms with Crippen molar-refractivity contribution in [3.8, 4) is 5.88 Å². The van der Waals surface area contributed by atoms with E-state index in [0.29, 0.717) is 0 Å². The van der Waals surface area contributed by atoms with Crippen LogP contribution in [-0.4, -0.2) is 56.1 Å². The van der Waals surface area contributed by atoms with Gasteiger partial charge in [-0.05, 0) is 0 Å². The number of nitrogens with zero attached hydrogens (tertiary/aromatic N) is 3. The molecule has 11 heteroatoms. The van der Waals surface area contributed by atoms with Gasteiger partial charge < -0.3 is 20.3 Å². The molecule has 0 radical (unpaired) electrons. The summed E-state index contributed by atoms with van der Waals surface area (Å²) < 4.78 is 54.4. The predicted octanol–water partition coefficient (Wildman–Crippen LogP) is 1.57. The average Bonchev–Trinajstić information content (AvgIpc) is 2.45. The van der Waals surface area contributed by atoms with Gasteiger partial charge in [0.15, 0.2) is 5.82 Å². The van der Waals surface area contributed by atoms with Crippen molar-refractivity contribution in [3.05, 3.63) is 6.33 Å². The number of carbonyl (C=O) groups is 1. The van der Waals surface area contributed by atoms with Crippen LogP contribution in [0.3, 0.4) is 0 Å². The van der Waals surface area contributed by atoms with E-state index in [1.165, 1.54) is 18.3 Å². The van der Waals surface area contributed by atoms with Crippen LogP contribution in [-0.2, 0) is 0 Å². The van der Waals surface area contributed by atoms with Crippen LogP contribution in [0, 0.1) is 0 Å². The van der Waals surface area contributed by atoms with E-state index in [1.807, 2.05) is 0 Å². The minimum absolute atomic E-state index is 0.00512. The summed E-state index contributed by atoms with van der Waals surface area (Å²) in [6.45, 7) is -1.51. The lowest BCUT2D eigenvalue weighted by Gasteiger charge is -2.19. The Kier molecular flexibility index (Phi) is 5.71. The van der Waals surface area contributed by atoms with Crippen LogP contribution >= 0.6 is 0 Å². The van der Waals surface area contributed by atoms with Crippen molar-refractivity contribution in [2.75, 3.05) is 38.0 Å². The Balaban J connectivity index is 2.84. The highest BCUT2D eigenvalue weighted by Crippen LogP contribution is 2.29. The molecule has 0 fully saturated rings. The van der Waals surface area contributed by atoms with Crippen LogP contribution in [0.2, 0.25) is 0 Å². The summed E-state index contributed by atoms with van der Waals surface area (Å²) >= 11 is 0. The lowest BCUT2D eigenvalue weighted by molar-refractivity contribution is -0.123. The third-order valence-corrected chi connectivity index (χ3v) is 2.45. The molecule has 1 heterocycles. The second-order valence-corrected chi connectivity index (χ2v) is 4.35. The highest BCUT2D eigenvalue weighted by molar-refractivity contribution is 5.94. The van der Waals surface area contributed by atoms with E-state index >= 15 is 0 Å². The SMILES string of the molecule is COc1ncnc(N(C)C)c1NC(=O)NCC(F)(F)C(F)F. The lowest BCUT2D eigenvalue weighted by atomic mass is 10.3. The van der Waals surface area contributed by atoms with Crippen LogP contribution in [0.25, 0.3) is 0 Å². The molecule has 0 atom stereocenters. The highest BCUT2D eigenvalue weighted by atomic mass is 19.3. The van der Waals surface area contributed by atoms with Gasteiger partial charge >= 0.3 is 18.4 Å². The molecule has 0 aliphatic rings. The normalized spacial score (nSPS) is 11.3. The van der Waals surface area contributed by atoms with E-state index in [0.717, 1.165) is 0 Å². The van der Waals surface area contributed by atoms with Gasteiger partial charge in [-0.15, -0.1) is 0 Å². The van der Waals surface area contributed by atoms with Crippen molar-refractivity contribution in [3.63, 3.8) is 0 Å². The van der Waals surface area contributed by atoms with Gasteiger partial charge in [0.2, 0.25) is 5.88 Å². The molecular formula is C11H15F4N5O2. The number of rotatable bonds is 6. The number of aromatic nitrogens is 2. The van der Waals surface area contributed by atoms with Gasteiger partial charge in [0, 0.05) is 14.1 Å². The molecule has 0 aliphatic heterocycles.